The zero-order chi connectivity index (χ0) is 21.4. The molecular formula is C23H30N2O4. The molecule has 1 N–H and O–H groups in total. The van der Waals surface area contributed by atoms with Crippen LogP contribution in [0.5, 0.6) is 11.5 Å². The van der Waals surface area contributed by atoms with Gasteiger partial charge in [-0.05, 0) is 29.2 Å². The van der Waals surface area contributed by atoms with Crippen LogP contribution in [0.4, 0.5) is 0 Å². The Hall–Kier alpha value is -3.02. The van der Waals surface area contributed by atoms with Crippen molar-refractivity contribution >= 4 is 11.8 Å². The molecule has 0 aliphatic rings. The van der Waals surface area contributed by atoms with Crippen molar-refractivity contribution in [1.82, 2.24) is 10.2 Å². The molecule has 156 valence electrons. The van der Waals surface area contributed by atoms with Gasteiger partial charge in [0.05, 0.1) is 20.8 Å². The zero-order valence-corrected chi connectivity index (χ0v) is 17.8. The predicted molar refractivity (Wildman–Crippen MR) is 113 cm³/mol. The topological polar surface area (TPSA) is 67.9 Å². The summed E-state index contributed by atoms with van der Waals surface area (Å²) < 4.78 is 10.4. The van der Waals surface area contributed by atoms with Crippen molar-refractivity contribution in [3.05, 3.63) is 59.7 Å². The van der Waals surface area contributed by atoms with Crippen LogP contribution in [0.15, 0.2) is 48.5 Å². The molecule has 6 nitrogen and oxygen atoms in total. The number of hydrogen-bond acceptors (Lipinski definition) is 4. The van der Waals surface area contributed by atoms with Gasteiger partial charge in [-0.25, -0.2) is 0 Å². The fourth-order valence-electron chi connectivity index (χ4n) is 2.96. The Morgan fingerprint density at radius 1 is 0.966 bits per heavy atom. The smallest absolute Gasteiger partial charge is 0.251 e. The van der Waals surface area contributed by atoms with E-state index in [-0.39, 0.29) is 23.8 Å². The molecule has 0 radical (unpaired) electrons. The summed E-state index contributed by atoms with van der Waals surface area (Å²) in [5.74, 6) is 0.539. The summed E-state index contributed by atoms with van der Waals surface area (Å²) in [4.78, 5) is 27.1. The van der Waals surface area contributed by atoms with E-state index in [1.807, 2.05) is 30.3 Å². The van der Waals surface area contributed by atoms with Crippen LogP contribution in [-0.4, -0.2) is 44.0 Å². The minimum Gasteiger partial charge on any atom is -0.493 e. The third-order valence-corrected chi connectivity index (χ3v) is 4.28. The normalized spacial score (nSPS) is 10.9. The molecule has 0 atom stereocenters. The molecule has 0 unspecified atom stereocenters. The summed E-state index contributed by atoms with van der Waals surface area (Å²) in [5, 5.41) is 2.71. The van der Waals surface area contributed by atoms with E-state index in [2.05, 4.69) is 26.1 Å². The molecule has 0 aromatic heterocycles. The Labute approximate surface area is 172 Å². The standard InChI is InChI=1S/C23H30N2O4/c1-23(2,3)16-25(15-17-9-7-6-8-10-17)21(26)14-24-22(27)18-11-12-19(28-4)20(13-18)29-5/h6-13H,14-16H2,1-5H3,(H,24,27). The van der Waals surface area contributed by atoms with Gasteiger partial charge < -0.3 is 19.7 Å². The van der Waals surface area contributed by atoms with E-state index >= 15 is 0 Å². The van der Waals surface area contributed by atoms with Crippen molar-refractivity contribution < 1.29 is 19.1 Å². The molecule has 6 heteroatoms. The fraction of sp³-hybridized carbons (Fsp3) is 0.391. The second kappa shape index (κ2) is 9.96. The Balaban J connectivity index is 2.05. The first-order valence-corrected chi connectivity index (χ1v) is 9.55. The van der Waals surface area contributed by atoms with Crippen LogP contribution in [0, 0.1) is 5.41 Å². The predicted octanol–water partition coefficient (Wildman–Crippen LogP) is 3.51. The molecule has 0 aliphatic heterocycles. The molecule has 0 spiro atoms. The minimum absolute atomic E-state index is 0.0577. The minimum atomic E-state index is -0.338. The van der Waals surface area contributed by atoms with E-state index in [4.69, 9.17) is 9.47 Å². The maximum atomic E-state index is 12.9. The third kappa shape index (κ3) is 6.82. The number of hydrogen-bond donors (Lipinski definition) is 1. The molecule has 0 bridgehead atoms. The number of nitrogens with zero attached hydrogens (tertiary/aromatic N) is 1. The van der Waals surface area contributed by atoms with Crippen LogP contribution in [-0.2, 0) is 11.3 Å². The van der Waals surface area contributed by atoms with Crippen LogP contribution < -0.4 is 14.8 Å². The van der Waals surface area contributed by atoms with Gasteiger partial charge in [0, 0.05) is 18.7 Å². The van der Waals surface area contributed by atoms with Crippen molar-refractivity contribution in [1.29, 1.82) is 0 Å². The van der Waals surface area contributed by atoms with Gasteiger partial charge in [0.2, 0.25) is 5.91 Å². The highest BCUT2D eigenvalue weighted by Gasteiger charge is 2.22. The second-order valence-corrected chi connectivity index (χ2v) is 8.05. The highest BCUT2D eigenvalue weighted by Crippen LogP contribution is 2.27. The summed E-state index contributed by atoms with van der Waals surface area (Å²) in [6, 6.07) is 14.7. The van der Waals surface area contributed by atoms with Crippen molar-refractivity contribution in [3.63, 3.8) is 0 Å². The first-order chi connectivity index (χ1) is 13.7. The van der Waals surface area contributed by atoms with Crippen LogP contribution in [0.25, 0.3) is 0 Å². The van der Waals surface area contributed by atoms with Gasteiger partial charge >= 0.3 is 0 Å². The van der Waals surface area contributed by atoms with Gasteiger partial charge in [-0.3, -0.25) is 9.59 Å². The molecular weight excluding hydrogens is 368 g/mol. The lowest BCUT2D eigenvalue weighted by Crippen LogP contribution is -2.43. The lowest BCUT2D eigenvalue weighted by Gasteiger charge is -2.30. The molecule has 2 rings (SSSR count). The van der Waals surface area contributed by atoms with Crippen LogP contribution in [0.1, 0.15) is 36.7 Å². The van der Waals surface area contributed by atoms with E-state index < -0.39 is 0 Å². The average molecular weight is 399 g/mol. The molecule has 2 aromatic carbocycles. The van der Waals surface area contributed by atoms with Gasteiger partial charge in [0.15, 0.2) is 11.5 Å². The number of amides is 2. The summed E-state index contributed by atoms with van der Waals surface area (Å²) in [6.45, 7) is 7.27. The van der Waals surface area contributed by atoms with E-state index in [0.29, 0.717) is 30.2 Å². The van der Waals surface area contributed by atoms with Gasteiger partial charge in [-0.2, -0.15) is 0 Å². The fourth-order valence-corrected chi connectivity index (χ4v) is 2.96. The first kappa shape index (κ1) is 22.3. The van der Waals surface area contributed by atoms with E-state index in [1.54, 1.807) is 23.1 Å². The van der Waals surface area contributed by atoms with E-state index in [1.165, 1.54) is 14.2 Å². The van der Waals surface area contributed by atoms with Crippen molar-refractivity contribution in [2.45, 2.75) is 27.3 Å². The number of ether oxygens (including phenoxy) is 2. The number of rotatable bonds is 8. The van der Waals surface area contributed by atoms with Crippen LogP contribution in [0.2, 0.25) is 0 Å². The lowest BCUT2D eigenvalue weighted by molar-refractivity contribution is -0.132. The van der Waals surface area contributed by atoms with Crippen LogP contribution >= 0.6 is 0 Å². The third-order valence-electron chi connectivity index (χ3n) is 4.28. The van der Waals surface area contributed by atoms with Gasteiger partial charge in [0.25, 0.3) is 5.91 Å². The van der Waals surface area contributed by atoms with E-state index in [9.17, 15) is 9.59 Å². The lowest BCUT2D eigenvalue weighted by atomic mass is 9.95. The summed E-state index contributed by atoms with van der Waals surface area (Å²) >= 11 is 0. The Morgan fingerprint density at radius 3 is 2.21 bits per heavy atom. The number of carbonyl (C=O) groups is 2. The van der Waals surface area contributed by atoms with Crippen molar-refractivity contribution in [2.24, 2.45) is 5.41 Å². The monoisotopic (exact) mass is 398 g/mol. The van der Waals surface area contributed by atoms with Gasteiger partial charge in [0.1, 0.15) is 0 Å². The molecule has 0 saturated heterocycles. The quantitative estimate of drug-likeness (QED) is 0.739. The van der Waals surface area contributed by atoms with E-state index in [0.717, 1.165) is 5.56 Å². The Morgan fingerprint density at radius 2 is 1.62 bits per heavy atom. The zero-order valence-electron chi connectivity index (χ0n) is 17.8. The molecule has 0 aliphatic carbocycles. The molecule has 0 heterocycles. The summed E-state index contributed by atoms with van der Waals surface area (Å²) in [7, 11) is 3.05. The summed E-state index contributed by atoms with van der Waals surface area (Å²) in [6.07, 6.45) is 0. The largest absolute Gasteiger partial charge is 0.493 e. The molecule has 2 amide bonds. The first-order valence-electron chi connectivity index (χ1n) is 9.55. The Bertz CT molecular complexity index is 829. The average Bonchev–Trinajstić information content (AvgIpc) is 2.70. The molecule has 0 saturated carbocycles. The molecule has 29 heavy (non-hydrogen) atoms. The van der Waals surface area contributed by atoms with Crippen molar-refractivity contribution in [2.75, 3.05) is 27.3 Å². The maximum Gasteiger partial charge on any atom is 0.251 e. The molecule has 0 fully saturated rings. The maximum absolute atomic E-state index is 12.9. The van der Waals surface area contributed by atoms with Gasteiger partial charge in [-0.1, -0.05) is 51.1 Å². The summed E-state index contributed by atoms with van der Waals surface area (Å²) in [5.41, 5.74) is 1.40. The number of methoxy groups -OCH3 is 2. The molecule has 2 aromatic rings. The number of nitrogens with one attached hydrogen (secondary N) is 1. The van der Waals surface area contributed by atoms with Crippen molar-refractivity contribution in [3.8, 4) is 11.5 Å². The van der Waals surface area contributed by atoms with Crippen LogP contribution in [0.3, 0.4) is 0 Å². The SMILES string of the molecule is COc1ccc(C(=O)NCC(=O)N(Cc2ccccc2)CC(C)(C)C)cc1OC. The van der Waals surface area contributed by atoms with Gasteiger partial charge in [-0.15, -0.1) is 0 Å². The number of carbonyl (C=O) groups excluding carboxylic acids is 2. The number of benzene rings is 2. The Kier molecular flexibility index (Phi) is 7.65. The highest BCUT2D eigenvalue weighted by molar-refractivity contribution is 5.97. The second-order valence-electron chi connectivity index (χ2n) is 8.05. The highest BCUT2D eigenvalue weighted by atomic mass is 16.5.